The van der Waals surface area contributed by atoms with Crippen LogP contribution in [0.4, 0.5) is 5.69 Å². The van der Waals surface area contributed by atoms with E-state index in [1.54, 1.807) is 0 Å². The number of anilines is 1. The average molecular weight is 445 g/mol. The number of ether oxygens (including phenoxy) is 3. The van der Waals surface area contributed by atoms with E-state index in [1.165, 1.54) is 6.42 Å². The molecule has 3 atom stereocenters. The molecule has 2 fully saturated rings. The number of fused-ring (bicyclic) bond motifs is 2. The first-order valence-electron chi connectivity index (χ1n) is 8.41. The van der Waals surface area contributed by atoms with Crippen molar-refractivity contribution in [1.29, 1.82) is 0 Å². The Kier molecular flexibility index (Phi) is 5.70. The van der Waals surface area contributed by atoms with Crippen LogP contribution in [0.25, 0.3) is 0 Å². The highest BCUT2D eigenvalue weighted by atomic mass is 127. The number of hydrogen-bond donors (Lipinski definition) is 2. The summed E-state index contributed by atoms with van der Waals surface area (Å²) in [5, 5.41) is 3.16. The SMILES string of the molecule is I.NC(=NC1CC2OCCCC12)Nc1ccc2c(c1)OCCCO2. The molecule has 1 aromatic rings. The summed E-state index contributed by atoms with van der Waals surface area (Å²) in [5.41, 5.74) is 6.94. The Morgan fingerprint density at radius 2 is 1.96 bits per heavy atom. The van der Waals surface area contributed by atoms with Gasteiger partial charge in [0, 0.05) is 30.7 Å². The molecule has 0 amide bonds. The number of rotatable bonds is 2. The van der Waals surface area contributed by atoms with Gasteiger partial charge in [-0.2, -0.15) is 0 Å². The van der Waals surface area contributed by atoms with Gasteiger partial charge in [0.15, 0.2) is 17.5 Å². The third-order valence-electron chi connectivity index (χ3n) is 4.78. The van der Waals surface area contributed by atoms with Crippen LogP contribution in [0, 0.1) is 5.92 Å². The lowest BCUT2D eigenvalue weighted by atomic mass is 9.73. The number of nitrogens with one attached hydrogen (secondary N) is 1. The quantitative estimate of drug-likeness (QED) is 0.416. The Morgan fingerprint density at radius 1 is 1.12 bits per heavy atom. The second-order valence-corrected chi connectivity index (χ2v) is 6.37. The van der Waals surface area contributed by atoms with E-state index in [2.05, 4.69) is 10.3 Å². The van der Waals surface area contributed by atoms with Gasteiger partial charge in [-0.05, 0) is 31.4 Å². The van der Waals surface area contributed by atoms with Gasteiger partial charge in [0.05, 0.1) is 25.4 Å². The number of hydrogen-bond acceptors (Lipinski definition) is 4. The van der Waals surface area contributed by atoms with Crippen LogP contribution in [0.5, 0.6) is 11.5 Å². The topological polar surface area (TPSA) is 78.1 Å². The van der Waals surface area contributed by atoms with E-state index in [1.807, 2.05) is 18.2 Å². The lowest BCUT2D eigenvalue weighted by Crippen LogP contribution is -2.49. The van der Waals surface area contributed by atoms with E-state index in [0.29, 0.717) is 31.2 Å². The van der Waals surface area contributed by atoms with Crippen molar-refractivity contribution in [3.05, 3.63) is 18.2 Å². The van der Waals surface area contributed by atoms with Crippen LogP contribution in [0.15, 0.2) is 23.2 Å². The van der Waals surface area contributed by atoms with Crippen LogP contribution in [-0.4, -0.2) is 37.9 Å². The monoisotopic (exact) mass is 445 g/mol. The lowest BCUT2D eigenvalue weighted by molar-refractivity contribution is -0.0937. The third kappa shape index (κ3) is 3.72. The van der Waals surface area contributed by atoms with E-state index in [0.717, 1.165) is 43.1 Å². The molecular formula is C17H24IN3O3. The summed E-state index contributed by atoms with van der Waals surface area (Å²) in [6, 6.07) is 6.04. The highest BCUT2D eigenvalue weighted by Gasteiger charge is 2.43. The average Bonchev–Trinajstić information content (AvgIpc) is 2.77. The van der Waals surface area contributed by atoms with Gasteiger partial charge >= 0.3 is 0 Å². The molecule has 3 N–H and O–H groups in total. The van der Waals surface area contributed by atoms with Gasteiger partial charge in [-0.3, -0.25) is 0 Å². The first-order chi connectivity index (χ1) is 11.3. The Labute approximate surface area is 159 Å². The van der Waals surface area contributed by atoms with Crippen LogP contribution in [0.3, 0.4) is 0 Å². The molecule has 0 spiro atoms. The minimum Gasteiger partial charge on any atom is -0.490 e. The molecular weight excluding hydrogens is 421 g/mol. The van der Waals surface area contributed by atoms with Crippen molar-refractivity contribution in [3.63, 3.8) is 0 Å². The molecule has 1 saturated heterocycles. The fraction of sp³-hybridized carbons (Fsp3) is 0.588. The largest absolute Gasteiger partial charge is 0.490 e. The number of halogens is 1. The Hall–Kier alpha value is -1.22. The van der Waals surface area contributed by atoms with E-state index < -0.39 is 0 Å². The van der Waals surface area contributed by atoms with E-state index >= 15 is 0 Å². The van der Waals surface area contributed by atoms with Gasteiger partial charge in [0.1, 0.15) is 0 Å². The maximum Gasteiger partial charge on any atom is 0.193 e. The molecule has 132 valence electrons. The molecule has 0 aromatic heterocycles. The van der Waals surface area contributed by atoms with Crippen molar-refractivity contribution >= 4 is 35.6 Å². The number of nitrogens with zero attached hydrogens (tertiary/aromatic N) is 1. The fourth-order valence-electron chi connectivity index (χ4n) is 3.51. The van der Waals surface area contributed by atoms with Gasteiger partial charge in [0.2, 0.25) is 0 Å². The lowest BCUT2D eigenvalue weighted by Gasteiger charge is -2.45. The fourth-order valence-corrected chi connectivity index (χ4v) is 3.51. The molecule has 2 aliphatic heterocycles. The standard InChI is InChI=1S/C17H23N3O3.HI/c18-17(20-13-10-15-12(13)3-1-6-22-15)19-11-4-5-14-16(9-11)23-8-2-7-21-14;/h4-5,9,12-13,15H,1-3,6-8,10H2,(H3,18,19,20);1H. The molecule has 1 saturated carbocycles. The smallest absolute Gasteiger partial charge is 0.193 e. The predicted octanol–water partition coefficient (Wildman–Crippen LogP) is 2.76. The highest BCUT2D eigenvalue weighted by molar-refractivity contribution is 14.0. The van der Waals surface area contributed by atoms with Crippen LogP contribution in [0.1, 0.15) is 25.7 Å². The Bertz CT molecular complexity index is 611. The second kappa shape index (κ2) is 7.77. The van der Waals surface area contributed by atoms with Gasteiger partial charge < -0.3 is 25.3 Å². The zero-order valence-electron chi connectivity index (χ0n) is 13.6. The Balaban J connectivity index is 0.00000169. The second-order valence-electron chi connectivity index (χ2n) is 6.37. The minimum atomic E-state index is 0. The molecule has 7 heteroatoms. The summed E-state index contributed by atoms with van der Waals surface area (Å²) in [5.74, 6) is 2.52. The molecule has 3 unspecified atom stereocenters. The van der Waals surface area contributed by atoms with Crippen LogP contribution in [-0.2, 0) is 4.74 Å². The molecule has 1 aromatic carbocycles. The minimum absolute atomic E-state index is 0. The summed E-state index contributed by atoms with van der Waals surface area (Å²) in [6.07, 6.45) is 4.59. The number of nitrogens with two attached hydrogens (primary N) is 1. The maximum absolute atomic E-state index is 6.07. The molecule has 2 heterocycles. The molecule has 3 aliphatic rings. The summed E-state index contributed by atoms with van der Waals surface area (Å²) in [7, 11) is 0. The van der Waals surface area contributed by atoms with Crippen molar-refractivity contribution in [2.75, 3.05) is 25.1 Å². The van der Waals surface area contributed by atoms with E-state index in [-0.39, 0.29) is 30.0 Å². The van der Waals surface area contributed by atoms with Crippen LogP contribution < -0.4 is 20.5 Å². The van der Waals surface area contributed by atoms with Crippen LogP contribution in [0.2, 0.25) is 0 Å². The molecule has 4 rings (SSSR count). The molecule has 24 heavy (non-hydrogen) atoms. The molecule has 1 aliphatic carbocycles. The predicted molar refractivity (Wildman–Crippen MR) is 104 cm³/mol. The molecule has 0 radical (unpaired) electrons. The summed E-state index contributed by atoms with van der Waals surface area (Å²) in [4.78, 5) is 4.62. The van der Waals surface area contributed by atoms with E-state index in [9.17, 15) is 0 Å². The van der Waals surface area contributed by atoms with Crippen molar-refractivity contribution in [2.24, 2.45) is 16.6 Å². The molecule has 0 bridgehead atoms. The van der Waals surface area contributed by atoms with Gasteiger partial charge in [0.25, 0.3) is 0 Å². The van der Waals surface area contributed by atoms with Crippen LogP contribution >= 0.6 is 24.0 Å². The summed E-state index contributed by atoms with van der Waals surface area (Å²) < 4.78 is 17.0. The Morgan fingerprint density at radius 3 is 2.79 bits per heavy atom. The zero-order chi connectivity index (χ0) is 15.6. The van der Waals surface area contributed by atoms with Crippen molar-refractivity contribution in [3.8, 4) is 11.5 Å². The van der Waals surface area contributed by atoms with Gasteiger partial charge in [-0.1, -0.05) is 0 Å². The van der Waals surface area contributed by atoms with E-state index in [4.69, 9.17) is 19.9 Å². The number of aliphatic imine (C=N–C) groups is 1. The highest BCUT2D eigenvalue weighted by Crippen LogP contribution is 2.40. The summed E-state index contributed by atoms with van der Waals surface area (Å²) >= 11 is 0. The van der Waals surface area contributed by atoms with Crippen molar-refractivity contribution in [1.82, 2.24) is 0 Å². The third-order valence-corrected chi connectivity index (χ3v) is 4.78. The number of guanidine groups is 1. The van der Waals surface area contributed by atoms with Gasteiger partial charge in [-0.15, -0.1) is 24.0 Å². The first kappa shape index (κ1) is 17.6. The van der Waals surface area contributed by atoms with Crippen molar-refractivity contribution in [2.45, 2.75) is 37.8 Å². The number of benzene rings is 1. The van der Waals surface area contributed by atoms with Crippen molar-refractivity contribution < 1.29 is 14.2 Å². The first-order valence-corrected chi connectivity index (χ1v) is 8.41. The normalized spacial score (nSPS) is 28.7. The zero-order valence-corrected chi connectivity index (χ0v) is 15.9. The molecule has 6 nitrogen and oxygen atoms in total. The summed E-state index contributed by atoms with van der Waals surface area (Å²) in [6.45, 7) is 2.25. The van der Waals surface area contributed by atoms with Gasteiger partial charge in [-0.25, -0.2) is 4.99 Å². The maximum atomic E-state index is 6.07.